The molecule has 32 heavy (non-hydrogen) atoms. The van der Waals surface area contributed by atoms with Gasteiger partial charge in [-0.25, -0.2) is 0 Å². The molecule has 1 aliphatic rings. The number of hydrogen-bond donors (Lipinski definition) is 1. The van der Waals surface area contributed by atoms with E-state index in [4.69, 9.17) is 23.2 Å². The lowest BCUT2D eigenvalue weighted by atomic mass is 10.1. The number of nitrogens with one attached hydrogen (secondary N) is 1. The number of nitrogens with zero attached hydrogens (tertiary/aromatic N) is 3. The smallest absolute Gasteiger partial charge is 0.228 e. The van der Waals surface area contributed by atoms with Crippen molar-refractivity contribution in [2.45, 2.75) is 12.8 Å². The minimum Gasteiger partial charge on any atom is -0.367 e. The Hall–Kier alpha value is -2.60. The van der Waals surface area contributed by atoms with Gasteiger partial charge in [-0.1, -0.05) is 41.4 Å². The fourth-order valence-corrected chi connectivity index (χ4v) is 4.41. The highest BCUT2D eigenvalue weighted by atomic mass is 35.5. The normalized spacial score (nSPS) is 14.4. The van der Waals surface area contributed by atoms with Gasteiger partial charge in [0.1, 0.15) is 0 Å². The van der Waals surface area contributed by atoms with Crippen LogP contribution in [0, 0.1) is 0 Å². The van der Waals surface area contributed by atoms with Crippen molar-refractivity contribution in [1.82, 2.24) is 9.88 Å². The Kier molecular flexibility index (Phi) is 7.63. The molecule has 1 amide bonds. The van der Waals surface area contributed by atoms with Gasteiger partial charge in [0, 0.05) is 55.2 Å². The topological polar surface area (TPSA) is 48.5 Å². The van der Waals surface area contributed by atoms with E-state index in [0.29, 0.717) is 10.0 Å². The maximum absolute atomic E-state index is 12.7. The summed E-state index contributed by atoms with van der Waals surface area (Å²) in [6, 6.07) is 17.3. The van der Waals surface area contributed by atoms with Crippen molar-refractivity contribution >= 4 is 40.5 Å². The van der Waals surface area contributed by atoms with Gasteiger partial charge in [0.25, 0.3) is 0 Å². The van der Waals surface area contributed by atoms with Crippen LogP contribution in [0.15, 0.2) is 67.0 Å². The number of aromatic nitrogens is 1. The fraction of sp³-hybridized carbons (Fsp3) is 0.280. The first-order chi connectivity index (χ1) is 15.6. The van der Waals surface area contributed by atoms with E-state index < -0.39 is 0 Å². The average Bonchev–Trinajstić information content (AvgIpc) is 2.81. The van der Waals surface area contributed by atoms with Crippen LogP contribution in [0.1, 0.15) is 11.1 Å². The Labute approximate surface area is 199 Å². The summed E-state index contributed by atoms with van der Waals surface area (Å²) in [5, 5.41) is 4.13. The number of piperazine rings is 1. The summed E-state index contributed by atoms with van der Waals surface area (Å²) in [6.45, 7) is 4.87. The second kappa shape index (κ2) is 10.8. The molecule has 0 bridgehead atoms. The standard InChI is InChI=1S/C25H26Cl2N4O/c26-21-6-5-20(22(27)18-21)17-25(32)29-23-3-1-2-4-24(23)31-15-13-30(14-16-31)12-9-19-7-10-28-11-8-19/h1-8,10-11,18H,9,12-17H2,(H,29,32). The molecule has 1 fully saturated rings. The largest absolute Gasteiger partial charge is 0.367 e. The summed E-state index contributed by atoms with van der Waals surface area (Å²) < 4.78 is 0. The molecule has 2 aromatic carbocycles. The number of carbonyl (C=O) groups is 1. The molecule has 0 unspecified atom stereocenters. The van der Waals surface area contributed by atoms with Crippen molar-refractivity contribution in [1.29, 1.82) is 0 Å². The van der Waals surface area contributed by atoms with E-state index in [2.05, 4.69) is 38.3 Å². The molecule has 0 spiro atoms. The van der Waals surface area contributed by atoms with Crippen molar-refractivity contribution in [3.63, 3.8) is 0 Å². The maximum Gasteiger partial charge on any atom is 0.228 e. The molecular weight excluding hydrogens is 443 g/mol. The summed E-state index contributed by atoms with van der Waals surface area (Å²) >= 11 is 12.2. The number of rotatable bonds is 7. The van der Waals surface area contributed by atoms with Crippen LogP contribution in [0.4, 0.5) is 11.4 Å². The minimum atomic E-state index is -0.0994. The molecule has 1 saturated heterocycles. The van der Waals surface area contributed by atoms with Gasteiger partial charge in [-0.2, -0.15) is 0 Å². The van der Waals surface area contributed by atoms with Gasteiger partial charge in [-0.3, -0.25) is 14.7 Å². The predicted octanol–water partition coefficient (Wildman–Crippen LogP) is 4.93. The zero-order valence-electron chi connectivity index (χ0n) is 17.8. The summed E-state index contributed by atoms with van der Waals surface area (Å²) in [5.74, 6) is -0.0994. The fourth-order valence-electron chi connectivity index (χ4n) is 3.94. The van der Waals surface area contributed by atoms with E-state index in [1.54, 1.807) is 18.2 Å². The molecule has 5 nitrogen and oxygen atoms in total. The van der Waals surface area contributed by atoms with Gasteiger partial charge in [0.05, 0.1) is 17.8 Å². The van der Waals surface area contributed by atoms with Crippen molar-refractivity contribution in [3.8, 4) is 0 Å². The number of hydrogen-bond acceptors (Lipinski definition) is 4. The lowest BCUT2D eigenvalue weighted by Gasteiger charge is -2.37. The van der Waals surface area contributed by atoms with E-state index in [1.807, 2.05) is 30.6 Å². The van der Waals surface area contributed by atoms with E-state index in [1.165, 1.54) is 5.56 Å². The van der Waals surface area contributed by atoms with Crippen molar-refractivity contribution in [2.24, 2.45) is 0 Å². The Morgan fingerprint density at radius 3 is 2.47 bits per heavy atom. The molecule has 2 heterocycles. The van der Waals surface area contributed by atoms with Crippen LogP contribution < -0.4 is 10.2 Å². The number of halogens is 2. The quantitative estimate of drug-likeness (QED) is 0.533. The zero-order valence-corrected chi connectivity index (χ0v) is 19.3. The van der Waals surface area contributed by atoms with Crippen LogP contribution in [-0.2, 0) is 17.6 Å². The van der Waals surface area contributed by atoms with Crippen LogP contribution in [-0.4, -0.2) is 48.5 Å². The van der Waals surface area contributed by atoms with Gasteiger partial charge in [0.2, 0.25) is 5.91 Å². The first kappa shape index (κ1) is 22.6. The second-order valence-corrected chi connectivity index (χ2v) is 8.76. The molecule has 0 saturated carbocycles. The summed E-state index contributed by atoms with van der Waals surface area (Å²) in [6.07, 6.45) is 4.92. The Morgan fingerprint density at radius 1 is 0.969 bits per heavy atom. The van der Waals surface area contributed by atoms with Crippen LogP contribution >= 0.6 is 23.2 Å². The van der Waals surface area contributed by atoms with Gasteiger partial charge in [-0.05, 0) is 53.9 Å². The van der Waals surface area contributed by atoms with Crippen LogP contribution in [0.3, 0.4) is 0 Å². The molecule has 0 atom stereocenters. The third-order valence-electron chi connectivity index (χ3n) is 5.72. The lowest BCUT2D eigenvalue weighted by molar-refractivity contribution is -0.115. The number of amides is 1. The number of pyridine rings is 1. The molecule has 166 valence electrons. The summed E-state index contributed by atoms with van der Waals surface area (Å²) in [7, 11) is 0. The van der Waals surface area contributed by atoms with E-state index >= 15 is 0 Å². The highest BCUT2D eigenvalue weighted by molar-refractivity contribution is 6.35. The van der Waals surface area contributed by atoms with Crippen LogP contribution in [0.25, 0.3) is 0 Å². The summed E-state index contributed by atoms with van der Waals surface area (Å²) in [4.78, 5) is 21.6. The monoisotopic (exact) mass is 468 g/mol. The third-order valence-corrected chi connectivity index (χ3v) is 6.31. The molecule has 0 aliphatic carbocycles. The average molecular weight is 469 g/mol. The van der Waals surface area contributed by atoms with Gasteiger partial charge < -0.3 is 10.2 Å². The highest BCUT2D eigenvalue weighted by Crippen LogP contribution is 2.27. The molecule has 7 heteroatoms. The van der Waals surface area contributed by atoms with Crippen molar-refractivity contribution < 1.29 is 4.79 Å². The predicted molar refractivity (Wildman–Crippen MR) is 132 cm³/mol. The second-order valence-electron chi connectivity index (χ2n) is 7.91. The van der Waals surface area contributed by atoms with Crippen molar-refractivity contribution in [2.75, 3.05) is 42.9 Å². The number of anilines is 2. The lowest BCUT2D eigenvalue weighted by Crippen LogP contribution is -2.47. The van der Waals surface area contributed by atoms with Gasteiger partial charge in [0.15, 0.2) is 0 Å². The summed E-state index contributed by atoms with van der Waals surface area (Å²) in [5.41, 5.74) is 3.95. The van der Waals surface area contributed by atoms with Gasteiger partial charge in [-0.15, -0.1) is 0 Å². The minimum absolute atomic E-state index is 0.0994. The maximum atomic E-state index is 12.7. The van der Waals surface area contributed by atoms with Gasteiger partial charge >= 0.3 is 0 Å². The first-order valence-corrected chi connectivity index (χ1v) is 11.5. The molecular formula is C25H26Cl2N4O. The third kappa shape index (κ3) is 6.00. The number of para-hydroxylation sites is 2. The molecule has 3 aromatic rings. The Bertz CT molecular complexity index is 1050. The van der Waals surface area contributed by atoms with E-state index in [9.17, 15) is 4.79 Å². The van der Waals surface area contributed by atoms with Crippen molar-refractivity contribution in [3.05, 3.63) is 88.2 Å². The number of carbonyl (C=O) groups excluding carboxylic acids is 1. The molecule has 1 aliphatic heterocycles. The Morgan fingerprint density at radius 2 is 1.72 bits per heavy atom. The number of benzene rings is 2. The zero-order chi connectivity index (χ0) is 22.3. The molecule has 1 N–H and O–H groups in total. The first-order valence-electron chi connectivity index (χ1n) is 10.8. The molecule has 4 rings (SSSR count). The SMILES string of the molecule is O=C(Cc1ccc(Cl)cc1Cl)Nc1ccccc1N1CCN(CCc2ccncc2)CC1. The Balaban J connectivity index is 1.33. The van der Waals surface area contributed by atoms with Crippen LogP contribution in [0.2, 0.25) is 10.0 Å². The van der Waals surface area contributed by atoms with E-state index in [-0.39, 0.29) is 12.3 Å². The van der Waals surface area contributed by atoms with E-state index in [0.717, 1.165) is 56.1 Å². The van der Waals surface area contributed by atoms with Crippen LogP contribution in [0.5, 0.6) is 0 Å². The highest BCUT2D eigenvalue weighted by Gasteiger charge is 2.20. The molecule has 0 radical (unpaired) electrons. The molecule has 1 aromatic heterocycles.